The minimum Gasteiger partial charge on any atom is -0.452 e. The summed E-state index contributed by atoms with van der Waals surface area (Å²) in [5, 5.41) is 0. The number of carbonyl (C=O) groups excluding carboxylic acids is 2. The molecule has 0 aliphatic carbocycles. The maximum atomic E-state index is 12.5. The molecule has 0 atom stereocenters. The molecule has 0 aliphatic heterocycles. The average molecular weight is 330 g/mol. The van der Waals surface area contributed by atoms with Gasteiger partial charge in [0.2, 0.25) is 0 Å². The summed E-state index contributed by atoms with van der Waals surface area (Å²) >= 11 is 0. The summed E-state index contributed by atoms with van der Waals surface area (Å²) in [5.74, 6) is -0.369. The van der Waals surface area contributed by atoms with Crippen LogP contribution in [0.5, 0.6) is 0 Å². The lowest BCUT2D eigenvalue weighted by Gasteiger charge is -2.19. The van der Waals surface area contributed by atoms with E-state index in [-0.39, 0.29) is 12.4 Å². The minimum atomic E-state index is -0.474. The van der Waals surface area contributed by atoms with Crippen molar-refractivity contribution in [2.75, 3.05) is 0 Å². The molecule has 0 aromatic heterocycles. The van der Waals surface area contributed by atoms with Gasteiger partial charge in [0.25, 0.3) is 0 Å². The van der Waals surface area contributed by atoms with Crippen molar-refractivity contribution in [1.82, 2.24) is 0 Å². The Morgan fingerprint density at radius 3 is 1.88 bits per heavy atom. The van der Waals surface area contributed by atoms with Gasteiger partial charge in [-0.25, -0.2) is 0 Å². The van der Waals surface area contributed by atoms with Gasteiger partial charge in [-0.2, -0.15) is 0 Å². The average Bonchev–Trinajstić information content (AvgIpc) is 2.68. The Balaban J connectivity index is 1.83. The minimum absolute atomic E-state index is 0.0606. The van der Waals surface area contributed by atoms with Crippen LogP contribution < -0.4 is 0 Å². The zero-order valence-electron chi connectivity index (χ0n) is 13.7. The van der Waals surface area contributed by atoms with E-state index in [9.17, 15) is 9.59 Å². The van der Waals surface area contributed by atoms with E-state index in [0.717, 1.165) is 17.4 Å². The molecule has 0 saturated heterocycles. The summed E-state index contributed by atoms with van der Waals surface area (Å²) in [4.78, 5) is 23.6. The first-order valence-corrected chi connectivity index (χ1v) is 8.10. The van der Waals surface area contributed by atoms with Gasteiger partial charge in [0.1, 0.15) is 6.29 Å². The normalized spacial score (nSPS) is 10.4. The molecule has 3 aromatic rings. The molecule has 0 heterocycles. The van der Waals surface area contributed by atoms with Crippen LogP contribution in [0, 0.1) is 0 Å². The second kappa shape index (κ2) is 8.06. The molecule has 0 fully saturated rings. The van der Waals surface area contributed by atoms with Crippen molar-refractivity contribution in [3.05, 3.63) is 107 Å². The van der Waals surface area contributed by atoms with Crippen LogP contribution in [-0.4, -0.2) is 12.3 Å². The molecule has 0 amide bonds. The second-order valence-corrected chi connectivity index (χ2v) is 5.68. The van der Waals surface area contributed by atoms with Crippen molar-refractivity contribution in [2.24, 2.45) is 0 Å². The standard InChI is InChI=1S/C22H18O3/c23-16-20-14-8-7-13-19(20)15-21(24)25-22(17-9-3-1-4-10-17)18-11-5-2-6-12-18/h1-14,16,22H,15H2. The number of rotatable bonds is 6. The highest BCUT2D eigenvalue weighted by Crippen LogP contribution is 2.26. The third kappa shape index (κ3) is 4.21. The van der Waals surface area contributed by atoms with Gasteiger partial charge in [0.15, 0.2) is 6.10 Å². The molecular formula is C22H18O3. The number of aldehydes is 1. The topological polar surface area (TPSA) is 43.4 Å². The van der Waals surface area contributed by atoms with Crippen LogP contribution in [-0.2, 0) is 16.0 Å². The van der Waals surface area contributed by atoms with E-state index >= 15 is 0 Å². The maximum absolute atomic E-state index is 12.5. The van der Waals surface area contributed by atoms with Gasteiger partial charge in [0.05, 0.1) is 6.42 Å². The Kier molecular flexibility index (Phi) is 5.37. The van der Waals surface area contributed by atoms with Crippen LogP contribution in [0.3, 0.4) is 0 Å². The summed E-state index contributed by atoms with van der Waals surface area (Å²) in [7, 11) is 0. The van der Waals surface area contributed by atoms with Gasteiger partial charge in [-0.05, 0) is 16.7 Å². The monoisotopic (exact) mass is 330 g/mol. The molecule has 0 bridgehead atoms. The van der Waals surface area contributed by atoms with E-state index in [2.05, 4.69) is 0 Å². The van der Waals surface area contributed by atoms with Crippen molar-refractivity contribution >= 4 is 12.3 Å². The highest BCUT2D eigenvalue weighted by Gasteiger charge is 2.19. The van der Waals surface area contributed by atoms with Crippen LogP contribution in [0.1, 0.15) is 33.2 Å². The van der Waals surface area contributed by atoms with Gasteiger partial charge in [-0.15, -0.1) is 0 Å². The highest BCUT2D eigenvalue weighted by molar-refractivity contribution is 5.81. The van der Waals surface area contributed by atoms with E-state index in [1.807, 2.05) is 66.7 Å². The van der Waals surface area contributed by atoms with E-state index in [0.29, 0.717) is 11.1 Å². The maximum Gasteiger partial charge on any atom is 0.311 e. The summed E-state index contributed by atoms with van der Waals surface area (Å²) in [6.07, 6.45) is 0.345. The van der Waals surface area contributed by atoms with Crippen molar-refractivity contribution in [3.8, 4) is 0 Å². The Labute approximate surface area is 146 Å². The third-order valence-corrected chi connectivity index (χ3v) is 3.97. The fourth-order valence-electron chi connectivity index (χ4n) is 2.72. The fraction of sp³-hybridized carbons (Fsp3) is 0.0909. The molecule has 0 unspecified atom stereocenters. The molecule has 25 heavy (non-hydrogen) atoms. The Hall–Kier alpha value is -3.20. The number of carbonyl (C=O) groups is 2. The summed E-state index contributed by atoms with van der Waals surface area (Å²) in [5.41, 5.74) is 2.99. The zero-order valence-corrected chi connectivity index (χ0v) is 13.7. The lowest BCUT2D eigenvalue weighted by Crippen LogP contribution is -2.15. The van der Waals surface area contributed by atoms with Crippen molar-refractivity contribution < 1.29 is 14.3 Å². The number of ether oxygens (including phenoxy) is 1. The SMILES string of the molecule is O=Cc1ccccc1CC(=O)OC(c1ccccc1)c1ccccc1. The fourth-order valence-corrected chi connectivity index (χ4v) is 2.72. The van der Waals surface area contributed by atoms with Gasteiger partial charge < -0.3 is 4.74 Å². The largest absolute Gasteiger partial charge is 0.452 e. The molecule has 124 valence electrons. The van der Waals surface area contributed by atoms with E-state index in [1.54, 1.807) is 18.2 Å². The van der Waals surface area contributed by atoms with Crippen molar-refractivity contribution in [3.63, 3.8) is 0 Å². The predicted octanol–water partition coefficient (Wildman–Crippen LogP) is 4.37. The van der Waals surface area contributed by atoms with E-state index < -0.39 is 6.10 Å². The highest BCUT2D eigenvalue weighted by atomic mass is 16.5. The first-order chi connectivity index (χ1) is 12.3. The lowest BCUT2D eigenvalue weighted by atomic mass is 10.0. The number of hydrogen-bond acceptors (Lipinski definition) is 3. The molecule has 0 saturated carbocycles. The summed E-state index contributed by atoms with van der Waals surface area (Å²) in [6.45, 7) is 0. The molecule has 3 aromatic carbocycles. The molecule has 3 heteroatoms. The van der Waals surface area contributed by atoms with Crippen LogP contribution in [0.4, 0.5) is 0 Å². The Morgan fingerprint density at radius 2 is 1.32 bits per heavy atom. The van der Waals surface area contributed by atoms with E-state index in [4.69, 9.17) is 4.74 Å². The number of esters is 1. The van der Waals surface area contributed by atoms with Gasteiger partial charge in [0, 0.05) is 5.56 Å². The van der Waals surface area contributed by atoms with Gasteiger partial charge >= 0.3 is 5.97 Å². The van der Waals surface area contributed by atoms with Gasteiger partial charge in [-0.1, -0.05) is 84.9 Å². The van der Waals surface area contributed by atoms with Crippen LogP contribution >= 0.6 is 0 Å². The summed E-state index contributed by atoms with van der Waals surface area (Å²) < 4.78 is 5.77. The van der Waals surface area contributed by atoms with E-state index in [1.165, 1.54) is 0 Å². The van der Waals surface area contributed by atoms with Crippen LogP contribution in [0.2, 0.25) is 0 Å². The second-order valence-electron chi connectivity index (χ2n) is 5.68. The van der Waals surface area contributed by atoms with Gasteiger partial charge in [-0.3, -0.25) is 9.59 Å². The molecule has 0 radical (unpaired) electrons. The number of hydrogen-bond donors (Lipinski definition) is 0. The molecular weight excluding hydrogens is 312 g/mol. The molecule has 0 spiro atoms. The lowest BCUT2D eigenvalue weighted by molar-refractivity contribution is -0.146. The molecule has 0 N–H and O–H groups in total. The Morgan fingerprint density at radius 1 is 0.800 bits per heavy atom. The third-order valence-electron chi connectivity index (χ3n) is 3.97. The first-order valence-electron chi connectivity index (χ1n) is 8.10. The molecule has 0 aliphatic rings. The molecule has 3 rings (SSSR count). The molecule has 3 nitrogen and oxygen atoms in total. The smallest absolute Gasteiger partial charge is 0.311 e. The summed E-state index contributed by atoms with van der Waals surface area (Å²) in [6, 6.07) is 26.3. The predicted molar refractivity (Wildman–Crippen MR) is 96.4 cm³/mol. The van der Waals surface area contributed by atoms with Crippen LogP contribution in [0.25, 0.3) is 0 Å². The zero-order chi connectivity index (χ0) is 17.5. The quantitative estimate of drug-likeness (QED) is 0.498. The first kappa shape index (κ1) is 16.7. The number of benzene rings is 3. The Bertz CT molecular complexity index is 802. The van der Waals surface area contributed by atoms with Crippen molar-refractivity contribution in [2.45, 2.75) is 12.5 Å². The van der Waals surface area contributed by atoms with Crippen molar-refractivity contribution in [1.29, 1.82) is 0 Å². The van der Waals surface area contributed by atoms with Crippen LogP contribution in [0.15, 0.2) is 84.9 Å².